The van der Waals surface area contributed by atoms with Crippen molar-refractivity contribution in [3.63, 3.8) is 0 Å². The number of nitrogens with zero attached hydrogens (tertiary/aromatic N) is 4. The Morgan fingerprint density at radius 3 is 2.27 bits per heavy atom. The number of hydrogen-bond donors (Lipinski definition) is 2. The Balaban J connectivity index is 2.00. The van der Waals surface area contributed by atoms with E-state index in [1.807, 2.05) is 0 Å². The molecule has 0 radical (unpaired) electrons. The van der Waals surface area contributed by atoms with Gasteiger partial charge in [-0.1, -0.05) is 6.07 Å². The molecule has 0 aliphatic rings. The fourth-order valence-electron chi connectivity index (χ4n) is 2.58. The van der Waals surface area contributed by atoms with Crippen molar-refractivity contribution in [2.24, 2.45) is 0 Å². The van der Waals surface area contributed by atoms with Gasteiger partial charge in [0.25, 0.3) is 0 Å². The summed E-state index contributed by atoms with van der Waals surface area (Å²) in [5, 5.41) is 5.65. The topological polar surface area (TPSA) is 84.9 Å². The van der Waals surface area contributed by atoms with Gasteiger partial charge >= 0.3 is 12.4 Å². The Morgan fingerprint density at radius 1 is 0.909 bits per heavy atom. The van der Waals surface area contributed by atoms with Gasteiger partial charge in [0.15, 0.2) is 5.82 Å². The molecule has 0 spiro atoms. The lowest BCUT2D eigenvalue weighted by molar-refractivity contribution is -0.141. The Labute approximate surface area is 184 Å². The van der Waals surface area contributed by atoms with Crippen molar-refractivity contribution in [1.29, 1.82) is 0 Å². The van der Waals surface area contributed by atoms with Crippen molar-refractivity contribution < 1.29 is 31.1 Å². The maximum atomic E-state index is 13.1. The van der Waals surface area contributed by atoms with Gasteiger partial charge < -0.3 is 15.4 Å². The number of pyridine rings is 2. The van der Waals surface area contributed by atoms with E-state index >= 15 is 0 Å². The Hall–Kier alpha value is -3.48. The Kier molecular flexibility index (Phi) is 7.01. The third kappa shape index (κ3) is 6.51. The number of methoxy groups -OCH3 is 1. The second kappa shape index (κ2) is 9.57. The van der Waals surface area contributed by atoms with Gasteiger partial charge in [-0.05, 0) is 31.2 Å². The summed E-state index contributed by atoms with van der Waals surface area (Å²) in [5.41, 5.74) is -2.39. The average Bonchev–Trinajstić information content (AvgIpc) is 2.76. The first-order chi connectivity index (χ1) is 15.5. The SMILES string of the molecule is COC(C)CNc1cc(Nc2ccnc(C(F)(F)F)c2)nc(-c2cccc(C(F)(F)F)n2)n1. The normalized spacial score (nSPS) is 13.0. The molecule has 0 aliphatic heterocycles. The zero-order valence-electron chi connectivity index (χ0n) is 17.3. The molecule has 1 unspecified atom stereocenters. The van der Waals surface area contributed by atoms with Crippen molar-refractivity contribution in [2.45, 2.75) is 25.4 Å². The highest BCUT2D eigenvalue weighted by molar-refractivity contribution is 5.63. The lowest BCUT2D eigenvalue weighted by atomic mass is 10.2. The predicted octanol–water partition coefficient (Wildman–Crippen LogP) is 5.16. The molecule has 3 heterocycles. The maximum Gasteiger partial charge on any atom is 0.433 e. The fraction of sp³-hybridized carbons (Fsp3) is 0.300. The van der Waals surface area contributed by atoms with Crippen LogP contribution in [0.3, 0.4) is 0 Å². The van der Waals surface area contributed by atoms with Crippen LogP contribution in [0.25, 0.3) is 11.5 Å². The predicted molar refractivity (Wildman–Crippen MR) is 108 cm³/mol. The third-order valence-electron chi connectivity index (χ3n) is 4.29. The molecule has 13 heteroatoms. The molecular weight excluding hydrogens is 454 g/mol. The molecule has 1 atom stereocenters. The molecule has 7 nitrogen and oxygen atoms in total. The number of ether oxygens (including phenoxy) is 1. The summed E-state index contributed by atoms with van der Waals surface area (Å²) in [5.74, 6) is 0.0746. The monoisotopic (exact) mass is 472 g/mol. The van der Waals surface area contributed by atoms with Gasteiger partial charge in [0.1, 0.15) is 28.7 Å². The van der Waals surface area contributed by atoms with Gasteiger partial charge in [-0.25, -0.2) is 15.0 Å². The highest BCUT2D eigenvalue weighted by Crippen LogP contribution is 2.31. The first kappa shape index (κ1) is 24.2. The molecule has 0 aliphatic carbocycles. The second-order valence-corrected chi connectivity index (χ2v) is 6.85. The van der Waals surface area contributed by atoms with Crippen molar-refractivity contribution in [3.05, 3.63) is 54.0 Å². The van der Waals surface area contributed by atoms with Crippen LogP contribution in [0.4, 0.5) is 43.7 Å². The minimum absolute atomic E-state index is 0.0233. The van der Waals surface area contributed by atoms with Crippen molar-refractivity contribution in [1.82, 2.24) is 19.9 Å². The van der Waals surface area contributed by atoms with Crippen LogP contribution in [0, 0.1) is 0 Å². The standard InChI is InChI=1S/C20H18F6N6O/c1-11(33-2)10-28-16-9-17(29-12-6-7-27-15(8-12)20(24,25)26)32-18(31-16)13-4-3-5-14(30-13)19(21,22)23/h3-9,11H,10H2,1-2H3,(H2,27,28,29,31,32). The molecule has 0 aromatic carbocycles. The van der Waals surface area contributed by atoms with Crippen LogP contribution < -0.4 is 10.6 Å². The van der Waals surface area contributed by atoms with Crippen molar-refractivity contribution in [2.75, 3.05) is 24.3 Å². The first-order valence-electron chi connectivity index (χ1n) is 9.46. The lowest BCUT2D eigenvalue weighted by Crippen LogP contribution is -2.19. The molecule has 0 saturated heterocycles. The van der Waals surface area contributed by atoms with Gasteiger partial charge in [0.05, 0.1) is 6.10 Å². The molecule has 0 fully saturated rings. The quantitative estimate of drug-likeness (QED) is 0.460. The first-order valence-corrected chi connectivity index (χ1v) is 9.46. The summed E-state index contributed by atoms with van der Waals surface area (Å²) < 4.78 is 83.2. The van der Waals surface area contributed by atoms with Gasteiger partial charge in [-0.2, -0.15) is 26.3 Å². The zero-order chi connectivity index (χ0) is 24.2. The van der Waals surface area contributed by atoms with Gasteiger partial charge in [-0.15, -0.1) is 0 Å². The number of nitrogens with one attached hydrogen (secondary N) is 2. The number of anilines is 3. The number of aromatic nitrogens is 4. The van der Waals surface area contributed by atoms with E-state index < -0.39 is 23.7 Å². The van der Waals surface area contributed by atoms with Crippen LogP contribution in [0.2, 0.25) is 0 Å². The molecule has 176 valence electrons. The largest absolute Gasteiger partial charge is 0.433 e. The third-order valence-corrected chi connectivity index (χ3v) is 4.29. The molecule has 2 N–H and O–H groups in total. The zero-order valence-corrected chi connectivity index (χ0v) is 17.3. The molecule has 0 bridgehead atoms. The molecular formula is C20H18F6N6O. The lowest BCUT2D eigenvalue weighted by Gasteiger charge is -2.15. The minimum atomic E-state index is -4.67. The molecule has 3 rings (SSSR count). The van der Waals surface area contributed by atoms with E-state index in [4.69, 9.17) is 4.74 Å². The molecule has 0 saturated carbocycles. The average molecular weight is 472 g/mol. The number of hydrogen-bond acceptors (Lipinski definition) is 7. The van der Waals surface area contributed by atoms with Gasteiger partial charge in [0, 0.05) is 31.6 Å². The Morgan fingerprint density at radius 2 is 1.61 bits per heavy atom. The Bertz CT molecular complexity index is 1100. The second-order valence-electron chi connectivity index (χ2n) is 6.85. The van der Waals surface area contributed by atoms with E-state index in [1.165, 1.54) is 25.3 Å². The van der Waals surface area contributed by atoms with Gasteiger partial charge in [0.2, 0.25) is 0 Å². The van der Waals surface area contributed by atoms with Crippen LogP contribution in [0.1, 0.15) is 18.3 Å². The van der Waals surface area contributed by atoms with Crippen molar-refractivity contribution in [3.8, 4) is 11.5 Å². The number of rotatable bonds is 7. The van der Waals surface area contributed by atoms with Crippen LogP contribution >= 0.6 is 0 Å². The van der Waals surface area contributed by atoms with Crippen molar-refractivity contribution >= 4 is 17.3 Å². The summed E-state index contributed by atoms with van der Waals surface area (Å²) in [4.78, 5) is 15.2. The molecule has 3 aromatic rings. The van der Waals surface area contributed by atoms with Crippen LogP contribution in [0.5, 0.6) is 0 Å². The van der Waals surface area contributed by atoms with E-state index in [0.717, 1.165) is 24.4 Å². The summed E-state index contributed by atoms with van der Waals surface area (Å²) in [6.45, 7) is 2.08. The van der Waals surface area contributed by atoms with E-state index in [0.29, 0.717) is 6.54 Å². The minimum Gasteiger partial charge on any atom is -0.380 e. The van der Waals surface area contributed by atoms with E-state index in [9.17, 15) is 26.3 Å². The van der Waals surface area contributed by atoms with E-state index in [2.05, 4.69) is 30.6 Å². The molecule has 3 aromatic heterocycles. The van der Waals surface area contributed by atoms with Crippen LogP contribution in [-0.4, -0.2) is 39.7 Å². The molecule has 0 amide bonds. The fourth-order valence-corrected chi connectivity index (χ4v) is 2.58. The summed E-state index contributed by atoms with van der Waals surface area (Å²) >= 11 is 0. The molecule has 33 heavy (non-hydrogen) atoms. The van der Waals surface area contributed by atoms with Crippen LogP contribution in [0.15, 0.2) is 42.6 Å². The highest BCUT2D eigenvalue weighted by Gasteiger charge is 2.33. The van der Waals surface area contributed by atoms with E-state index in [1.54, 1.807) is 6.92 Å². The summed E-state index contributed by atoms with van der Waals surface area (Å²) in [7, 11) is 1.50. The van der Waals surface area contributed by atoms with Gasteiger partial charge in [-0.3, -0.25) is 4.98 Å². The number of alkyl halides is 6. The maximum absolute atomic E-state index is 13.1. The summed E-state index contributed by atoms with van der Waals surface area (Å²) in [6, 6.07) is 6.73. The number of halogens is 6. The highest BCUT2D eigenvalue weighted by atomic mass is 19.4. The summed E-state index contributed by atoms with van der Waals surface area (Å²) in [6.07, 6.45) is -8.58. The van der Waals surface area contributed by atoms with E-state index in [-0.39, 0.29) is 34.9 Å². The smallest absolute Gasteiger partial charge is 0.380 e. The van der Waals surface area contributed by atoms with Crippen LogP contribution in [-0.2, 0) is 17.1 Å².